The van der Waals surface area contributed by atoms with Gasteiger partial charge in [-0.25, -0.2) is 0 Å². The molecule has 0 atom stereocenters. The zero-order chi connectivity index (χ0) is 18.6. The molecule has 0 radical (unpaired) electrons. The van der Waals surface area contributed by atoms with Gasteiger partial charge in [0.05, 0.1) is 5.56 Å². The molecule has 0 aliphatic rings. The van der Waals surface area contributed by atoms with Crippen molar-refractivity contribution < 1.29 is 25.2 Å². The van der Waals surface area contributed by atoms with Crippen molar-refractivity contribution in [3.8, 4) is 23.0 Å². The summed E-state index contributed by atoms with van der Waals surface area (Å²) >= 11 is 0. The summed E-state index contributed by atoms with van der Waals surface area (Å²) in [6, 6.07) is 6.75. The highest BCUT2D eigenvalue weighted by Gasteiger charge is 2.10. The number of rotatable bonds is 5. The number of hydrogen-bond donors (Lipinski definition) is 4. The molecule has 4 N–H and O–H groups in total. The summed E-state index contributed by atoms with van der Waals surface area (Å²) in [6.07, 6.45) is 5.11. The van der Waals surface area contributed by atoms with Crippen molar-refractivity contribution >= 4 is 11.9 Å². The van der Waals surface area contributed by atoms with E-state index in [4.69, 9.17) is 0 Å². The van der Waals surface area contributed by atoms with Crippen molar-refractivity contribution in [3.05, 3.63) is 64.7 Å². The maximum absolute atomic E-state index is 12.2. The Hall–Kier alpha value is -3.21. The quantitative estimate of drug-likeness (QED) is 0.286. The normalized spacial score (nSPS) is 10.8. The van der Waals surface area contributed by atoms with Gasteiger partial charge in [0, 0.05) is 11.6 Å². The lowest BCUT2D eigenvalue weighted by molar-refractivity contribution is 0.104. The van der Waals surface area contributed by atoms with Crippen LogP contribution in [0, 0.1) is 0 Å². The van der Waals surface area contributed by atoms with Crippen LogP contribution in [0.4, 0.5) is 0 Å². The van der Waals surface area contributed by atoms with E-state index in [1.165, 1.54) is 30.4 Å². The van der Waals surface area contributed by atoms with Crippen molar-refractivity contribution in [2.75, 3.05) is 0 Å². The molecule has 0 saturated heterocycles. The molecule has 0 amide bonds. The molecular formula is C20H20O5. The molecule has 0 saturated carbocycles. The first kappa shape index (κ1) is 18.1. The fourth-order valence-corrected chi connectivity index (χ4v) is 2.26. The highest BCUT2D eigenvalue weighted by molar-refractivity contribution is 6.08. The summed E-state index contributed by atoms with van der Waals surface area (Å²) < 4.78 is 0. The third-order valence-corrected chi connectivity index (χ3v) is 3.60. The molecule has 0 heterocycles. The predicted molar refractivity (Wildman–Crippen MR) is 96.0 cm³/mol. The molecule has 25 heavy (non-hydrogen) atoms. The van der Waals surface area contributed by atoms with Crippen molar-refractivity contribution in [2.24, 2.45) is 0 Å². The lowest BCUT2D eigenvalue weighted by Crippen LogP contribution is -1.94. The van der Waals surface area contributed by atoms with Gasteiger partial charge in [-0.1, -0.05) is 17.7 Å². The molecule has 0 aliphatic carbocycles. The van der Waals surface area contributed by atoms with E-state index >= 15 is 0 Å². The number of carbonyl (C=O) groups is 1. The second kappa shape index (κ2) is 7.57. The lowest BCUT2D eigenvalue weighted by Gasteiger charge is -2.07. The molecule has 5 nitrogen and oxygen atoms in total. The summed E-state index contributed by atoms with van der Waals surface area (Å²) in [7, 11) is 0. The molecule has 130 valence electrons. The highest BCUT2D eigenvalue weighted by Crippen LogP contribution is 2.32. The topological polar surface area (TPSA) is 98.0 Å². The average Bonchev–Trinajstić information content (AvgIpc) is 2.54. The van der Waals surface area contributed by atoms with Crippen molar-refractivity contribution in [3.63, 3.8) is 0 Å². The van der Waals surface area contributed by atoms with Gasteiger partial charge in [-0.05, 0) is 56.2 Å². The van der Waals surface area contributed by atoms with Crippen LogP contribution in [0.3, 0.4) is 0 Å². The van der Waals surface area contributed by atoms with Crippen LogP contribution in [0.1, 0.15) is 35.3 Å². The molecule has 0 bridgehead atoms. The summed E-state index contributed by atoms with van der Waals surface area (Å²) in [5, 5.41) is 38.7. The summed E-state index contributed by atoms with van der Waals surface area (Å²) in [5.74, 6) is -1.34. The Morgan fingerprint density at radius 2 is 1.72 bits per heavy atom. The monoisotopic (exact) mass is 340 g/mol. The second-order valence-corrected chi connectivity index (χ2v) is 5.93. The fraction of sp³-hybridized carbons (Fsp3) is 0.150. The number of carbonyl (C=O) groups excluding carboxylic acids is 1. The smallest absolute Gasteiger partial charge is 0.189 e. The van der Waals surface area contributed by atoms with E-state index in [1.807, 2.05) is 19.9 Å². The third-order valence-electron chi connectivity index (χ3n) is 3.60. The van der Waals surface area contributed by atoms with Crippen LogP contribution < -0.4 is 0 Å². The van der Waals surface area contributed by atoms with Crippen molar-refractivity contribution in [2.45, 2.75) is 20.3 Å². The number of allylic oxidation sites excluding steroid dienone is 3. The van der Waals surface area contributed by atoms with Crippen LogP contribution in [-0.2, 0) is 6.42 Å². The van der Waals surface area contributed by atoms with Crippen LogP contribution >= 0.6 is 0 Å². The van der Waals surface area contributed by atoms with E-state index in [-0.39, 0.29) is 28.6 Å². The Morgan fingerprint density at radius 3 is 2.36 bits per heavy atom. The third kappa shape index (κ3) is 4.64. The summed E-state index contributed by atoms with van der Waals surface area (Å²) in [5.41, 5.74) is 2.22. The van der Waals surface area contributed by atoms with Gasteiger partial charge in [0.2, 0.25) is 0 Å². The minimum Gasteiger partial charge on any atom is -0.508 e. The average molecular weight is 340 g/mol. The number of phenolic OH excluding ortho intramolecular Hbond substituents is 4. The fourth-order valence-electron chi connectivity index (χ4n) is 2.26. The van der Waals surface area contributed by atoms with Gasteiger partial charge in [-0.3, -0.25) is 4.79 Å². The molecular weight excluding hydrogens is 320 g/mol. The van der Waals surface area contributed by atoms with Crippen LogP contribution in [0.25, 0.3) is 6.08 Å². The Labute approximate surface area is 145 Å². The molecule has 0 fully saturated rings. The van der Waals surface area contributed by atoms with Gasteiger partial charge in [-0.2, -0.15) is 0 Å². The number of aromatic hydroxyl groups is 4. The van der Waals surface area contributed by atoms with Crippen LogP contribution in [-0.4, -0.2) is 26.2 Å². The molecule has 0 aromatic heterocycles. The Balaban J connectivity index is 2.28. The van der Waals surface area contributed by atoms with Gasteiger partial charge in [0.1, 0.15) is 11.5 Å². The highest BCUT2D eigenvalue weighted by atomic mass is 16.3. The Kier molecular flexibility index (Phi) is 5.49. The first-order valence-electron chi connectivity index (χ1n) is 7.70. The standard InChI is InChI=1S/C20H20O5/c1-12(2)3-5-14-9-13(10-19(24)20(14)25)4-8-17(22)16-7-6-15(21)11-18(16)23/h3-4,6-11,21,23-25H,5H2,1-2H3/b8-4+. The van der Waals surface area contributed by atoms with E-state index in [0.717, 1.165) is 11.6 Å². The van der Waals surface area contributed by atoms with E-state index in [9.17, 15) is 25.2 Å². The molecule has 0 unspecified atom stereocenters. The Bertz CT molecular complexity index is 859. The van der Waals surface area contributed by atoms with E-state index < -0.39 is 5.78 Å². The van der Waals surface area contributed by atoms with Crippen LogP contribution in [0.2, 0.25) is 0 Å². The minimum atomic E-state index is -0.448. The van der Waals surface area contributed by atoms with Gasteiger partial charge in [0.15, 0.2) is 17.3 Å². The minimum absolute atomic E-state index is 0.0572. The molecule has 0 spiro atoms. The molecule has 2 aromatic rings. The molecule has 2 aromatic carbocycles. The van der Waals surface area contributed by atoms with Gasteiger partial charge < -0.3 is 20.4 Å². The number of benzene rings is 2. The largest absolute Gasteiger partial charge is 0.508 e. The summed E-state index contributed by atoms with van der Waals surface area (Å²) in [4.78, 5) is 12.2. The molecule has 2 rings (SSSR count). The van der Waals surface area contributed by atoms with E-state index in [1.54, 1.807) is 6.07 Å². The SMILES string of the molecule is CC(C)=CCc1cc(/C=C/C(=O)c2ccc(O)cc2O)cc(O)c1O. The number of phenols is 4. The first-order chi connectivity index (χ1) is 11.8. The zero-order valence-corrected chi connectivity index (χ0v) is 14.0. The predicted octanol–water partition coefficient (Wildman–Crippen LogP) is 3.91. The maximum atomic E-state index is 12.2. The maximum Gasteiger partial charge on any atom is 0.189 e. The first-order valence-corrected chi connectivity index (χ1v) is 7.70. The van der Waals surface area contributed by atoms with Gasteiger partial charge >= 0.3 is 0 Å². The molecule has 5 heteroatoms. The lowest BCUT2D eigenvalue weighted by atomic mass is 10.0. The van der Waals surface area contributed by atoms with Crippen molar-refractivity contribution in [1.82, 2.24) is 0 Å². The van der Waals surface area contributed by atoms with Crippen molar-refractivity contribution in [1.29, 1.82) is 0 Å². The summed E-state index contributed by atoms with van der Waals surface area (Å²) in [6.45, 7) is 3.87. The van der Waals surface area contributed by atoms with Crippen LogP contribution in [0.15, 0.2) is 48.1 Å². The van der Waals surface area contributed by atoms with Crippen LogP contribution in [0.5, 0.6) is 23.0 Å². The molecule has 0 aliphatic heterocycles. The Morgan fingerprint density at radius 1 is 1.00 bits per heavy atom. The van der Waals surface area contributed by atoms with E-state index in [0.29, 0.717) is 17.5 Å². The zero-order valence-electron chi connectivity index (χ0n) is 14.0. The van der Waals surface area contributed by atoms with E-state index in [2.05, 4.69) is 0 Å². The number of ketones is 1. The number of hydrogen-bond acceptors (Lipinski definition) is 5. The second-order valence-electron chi connectivity index (χ2n) is 5.93. The van der Waals surface area contributed by atoms with Gasteiger partial charge in [0.25, 0.3) is 0 Å². The van der Waals surface area contributed by atoms with Gasteiger partial charge in [-0.15, -0.1) is 0 Å².